The number of ether oxygens (including phenoxy) is 1. The van der Waals surface area contributed by atoms with Crippen LogP contribution in [0.3, 0.4) is 0 Å². The second-order valence-corrected chi connectivity index (χ2v) is 8.66. The lowest BCUT2D eigenvalue weighted by Gasteiger charge is -2.12. The summed E-state index contributed by atoms with van der Waals surface area (Å²) in [5.74, 6) is 0.274. The average Bonchev–Trinajstić information content (AvgIpc) is 2.86. The third-order valence-corrected chi connectivity index (χ3v) is 5.41. The Bertz CT molecular complexity index is 1440. The van der Waals surface area contributed by atoms with Crippen LogP contribution in [0.15, 0.2) is 84.0 Å². The molecule has 0 aliphatic rings. The molecular formula is C29H28N4O3. The zero-order valence-corrected chi connectivity index (χ0v) is 20.7. The van der Waals surface area contributed by atoms with Crippen LogP contribution in [-0.4, -0.2) is 28.6 Å². The highest BCUT2D eigenvalue weighted by atomic mass is 16.5. The minimum atomic E-state index is -0.335. The maximum atomic E-state index is 13.2. The SMILES string of the molecule is CC(=O)Nc1ccc(C(C)=NNC(=O)c2cc(-c3cccc(OC(C)C)c3)nc3ccccc23)cc1. The van der Waals surface area contributed by atoms with Crippen molar-refractivity contribution in [1.29, 1.82) is 0 Å². The van der Waals surface area contributed by atoms with E-state index < -0.39 is 0 Å². The van der Waals surface area contributed by atoms with Crippen molar-refractivity contribution in [2.75, 3.05) is 5.32 Å². The first-order valence-corrected chi connectivity index (χ1v) is 11.7. The largest absolute Gasteiger partial charge is 0.491 e. The Kier molecular flexibility index (Phi) is 7.39. The monoisotopic (exact) mass is 480 g/mol. The van der Waals surface area contributed by atoms with E-state index in [0.717, 1.165) is 22.3 Å². The third-order valence-electron chi connectivity index (χ3n) is 5.41. The zero-order valence-electron chi connectivity index (χ0n) is 20.7. The van der Waals surface area contributed by atoms with Crippen molar-refractivity contribution >= 4 is 34.1 Å². The number of fused-ring (bicyclic) bond motifs is 1. The number of rotatable bonds is 7. The van der Waals surface area contributed by atoms with E-state index in [1.807, 2.05) is 81.4 Å². The first kappa shape index (κ1) is 24.6. The van der Waals surface area contributed by atoms with E-state index in [2.05, 4.69) is 15.8 Å². The van der Waals surface area contributed by atoms with E-state index in [1.165, 1.54) is 6.92 Å². The maximum Gasteiger partial charge on any atom is 0.272 e. The van der Waals surface area contributed by atoms with Crippen LogP contribution < -0.4 is 15.5 Å². The number of carbonyl (C=O) groups excluding carboxylic acids is 2. The van der Waals surface area contributed by atoms with Gasteiger partial charge in [0.2, 0.25) is 5.91 Å². The molecule has 4 aromatic rings. The number of pyridine rings is 1. The summed E-state index contributed by atoms with van der Waals surface area (Å²) in [7, 11) is 0. The Morgan fingerprint density at radius 3 is 2.39 bits per heavy atom. The zero-order chi connectivity index (χ0) is 25.7. The van der Waals surface area contributed by atoms with Crippen LogP contribution in [0.25, 0.3) is 22.2 Å². The molecule has 0 aliphatic heterocycles. The Labute approximate surface area is 210 Å². The standard InChI is InChI=1S/C29H28N4O3/c1-18(2)36-24-9-7-8-22(16-24)28-17-26(25-10-5-6-11-27(25)31-28)29(35)33-32-19(3)21-12-14-23(15-13-21)30-20(4)34/h5-18H,1-4H3,(H,30,34)(H,33,35). The van der Waals surface area contributed by atoms with E-state index in [1.54, 1.807) is 18.2 Å². The second-order valence-electron chi connectivity index (χ2n) is 8.66. The predicted molar refractivity (Wildman–Crippen MR) is 143 cm³/mol. The smallest absolute Gasteiger partial charge is 0.272 e. The quantitative estimate of drug-likeness (QED) is 0.258. The number of hydrogen-bond donors (Lipinski definition) is 2. The molecule has 0 unspecified atom stereocenters. The first-order chi connectivity index (χ1) is 17.3. The first-order valence-electron chi connectivity index (χ1n) is 11.7. The summed E-state index contributed by atoms with van der Waals surface area (Å²) in [5, 5.41) is 7.77. The van der Waals surface area contributed by atoms with Crippen LogP contribution in [0.1, 0.15) is 43.6 Å². The van der Waals surface area contributed by atoms with Gasteiger partial charge in [0, 0.05) is 23.6 Å². The van der Waals surface area contributed by atoms with Crippen LogP contribution in [0.4, 0.5) is 5.69 Å². The van der Waals surface area contributed by atoms with Crippen LogP contribution in [0.2, 0.25) is 0 Å². The van der Waals surface area contributed by atoms with Crippen molar-refractivity contribution in [2.45, 2.75) is 33.8 Å². The van der Waals surface area contributed by atoms with Gasteiger partial charge >= 0.3 is 0 Å². The van der Waals surface area contributed by atoms with E-state index in [-0.39, 0.29) is 17.9 Å². The molecule has 182 valence electrons. The molecule has 0 aliphatic carbocycles. The number of nitrogens with one attached hydrogen (secondary N) is 2. The predicted octanol–water partition coefficient (Wildman–Crippen LogP) is 5.80. The molecule has 0 radical (unpaired) electrons. The molecule has 1 aromatic heterocycles. The molecule has 7 nitrogen and oxygen atoms in total. The second kappa shape index (κ2) is 10.8. The lowest BCUT2D eigenvalue weighted by molar-refractivity contribution is -0.114. The summed E-state index contributed by atoms with van der Waals surface area (Å²) >= 11 is 0. The van der Waals surface area contributed by atoms with Gasteiger partial charge in [0.05, 0.1) is 28.6 Å². The molecule has 0 bridgehead atoms. The molecule has 3 aromatic carbocycles. The van der Waals surface area contributed by atoms with Gasteiger partial charge in [-0.05, 0) is 62.7 Å². The third kappa shape index (κ3) is 5.93. The minimum absolute atomic E-state index is 0.0499. The number of benzene rings is 3. The van der Waals surface area contributed by atoms with E-state index in [4.69, 9.17) is 9.72 Å². The molecule has 1 heterocycles. The van der Waals surface area contributed by atoms with Gasteiger partial charge in [-0.3, -0.25) is 9.59 Å². The molecule has 2 N–H and O–H groups in total. The van der Waals surface area contributed by atoms with Gasteiger partial charge in [-0.15, -0.1) is 0 Å². The summed E-state index contributed by atoms with van der Waals surface area (Å²) in [6.45, 7) is 7.22. The van der Waals surface area contributed by atoms with Gasteiger partial charge in [-0.1, -0.05) is 42.5 Å². The molecule has 7 heteroatoms. The minimum Gasteiger partial charge on any atom is -0.491 e. The van der Waals surface area contributed by atoms with Crippen molar-refractivity contribution in [3.05, 3.63) is 90.0 Å². The number of amides is 2. The van der Waals surface area contributed by atoms with Gasteiger partial charge < -0.3 is 10.1 Å². The van der Waals surface area contributed by atoms with Gasteiger partial charge in [-0.25, -0.2) is 10.4 Å². The Morgan fingerprint density at radius 1 is 0.917 bits per heavy atom. The number of para-hydroxylation sites is 1. The summed E-state index contributed by atoms with van der Waals surface area (Å²) in [6, 6.07) is 24.2. The fourth-order valence-electron chi connectivity index (χ4n) is 3.77. The maximum absolute atomic E-state index is 13.2. The van der Waals surface area contributed by atoms with Gasteiger partial charge in [0.25, 0.3) is 5.91 Å². The molecule has 2 amide bonds. The van der Waals surface area contributed by atoms with Crippen molar-refractivity contribution in [3.8, 4) is 17.0 Å². The van der Waals surface area contributed by atoms with Gasteiger partial charge in [0.15, 0.2) is 0 Å². The average molecular weight is 481 g/mol. The summed E-state index contributed by atoms with van der Waals surface area (Å²) in [5.41, 5.74) is 7.55. The highest BCUT2D eigenvalue weighted by Gasteiger charge is 2.14. The highest BCUT2D eigenvalue weighted by molar-refractivity contribution is 6.08. The molecular weight excluding hydrogens is 452 g/mol. The fourth-order valence-corrected chi connectivity index (χ4v) is 3.77. The number of carbonyl (C=O) groups is 2. The molecule has 4 rings (SSSR count). The van der Waals surface area contributed by atoms with Crippen molar-refractivity contribution < 1.29 is 14.3 Å². The normalized spacial score (nSPS) is 11.4. The lowest BCUT2D eigenvalue weighted by atomic mass is 10.0. The summed E-state index contributed by atoms with van der Waals surface area (Å²) in [4.78, 5) is 29.2. The molecule has 0 saturated carbocycles. The number of anilines is 1. The van der Waals surface area contributed by atoms with Gasteiger partial charge in [-0.2, -0.15) is 5.10 Å². The fraction of sp³-hybridized carbons (Fsp3) is 0.172. The summed E-state index contributed by atoms with van der Waals surface area (Å²) in [6.07, 6.45) is 0.0499. The Hall–Kier alpha value is -4.52. The van der Waals surface area contributed by atoms with Crippen LogP contribution in [-0.2, 0) is 4.79 Å². The van der Waals surface area contributed by atoms with Gasteiger partial charge in [0.1, 0.15) is 5.75 Å². The molecule has 0 atom stereocenters. The Morgan fingerprint density at radius 2 is 1.67 bits per heavy atom. The van der Waals surface area contributed by atoms with Crippen molar-refractivity contribution in [3.63, 3.8) is 0 Å². The molecule has 0 fully saturated rings. The van der Waals surface area contributed by atoms with Crippen molar-refractivity contribution in [2.24, 2.45) is 5.10 Å². The van der Waals surface area contributed by atoms with Crippen molar-refractivity contribution in [1.82, 2.24) is 10.4 Å². The Balaban J connectivity index is 1.63. The van der Waals surface area contributed by atoms with E-state index in [0.29, 0.717) is 28.2 Å². The summed E-state index contributed by atoms with van der Waals surface area (Å²) < 4.78 is 5.83. The topological polar surface area (TPSA) is 92.7 Å². The highest BCUT2D eigenvalue weighted by Crippen LogP contribution is 2.27. The number of aromatic nitrogens is 1. The molecule has 0 saturated heterocycles. The number of hydrogen-bond acceptors (Lipinski definition) is 5. The molecule has 36 heavy (non-hydrogen) atoms. The van der Waals surface area contributed by atoms with E-state index in [9.17, 15) is 9.59 Å². The number of nitrogens with zero attached hydrogens (tertiary/aromatic N) is 2. The van der Waals surface area contributed by atoms with E-state index >= 15 is 0 Å². The van der Waals surface area contributed by atoms with Crippen LogP contribution in [0, 0.1) is 0 Å². The lowest BCUT2D eigenvalue weighted by Crippen LogP contribution is -2.20. The number of hydrazone groups is 1. The molecule has 0 spiro atoms. The van der Waals surface area contributed by atoms with Crippen LogP contribution >= 0.6 is 0 Å². The van der Waals surface area contributed by atoms with Crippen LogP contribution in [0.5, 0.6) is 5.75 Å².